The number of rotatable bonds is 4. The van der Waals surface area contributed by atoms with Crippen molar-refractivity contribution in [2.24, 2.45) is 10.7 Å². The van der Waals surface area contributed by atoms with E-state index in [4.69, 9.17) is 15.2 Å². The second-order valence-corrected chi connectivity index (χ2v) is 5.70. The van der Waals surface area contributed by atoms with Crippen LogP contribution in [0.15, 0.2) is 29.3 Å². The first-order chi connectivity index (χ1) is 11.2. The van der Waals surface area contributed by atoms with Gasteiger partial charge in [-0.15, -0.1) is 0 Å². The number of urea groups is 1. The predicted molar refractivity (Wildman–Crippen MR) is 87.5 cm³/mol. The number of hydrogen-bond acceptors (Lipinski definition) is 5. The van der Waals surface area contributed by atoms with Crippen LogP contribution in [0.5, 0.6) is 0 Å². The molecule has 2 aliphatic rings. The summed E-state index contributed by atoms with van der Waals surface area (Å²) in [6.07, 6.45) is 1.81. The molecule has 0 bridgehead atoms. The first kappa shape index (κ1) is 15.6. The van der Waals surface area contributed by atoms with Gasteiger partial charge in [0.25, 0.3) is 6.02 Å². The standard InChI is InChI=1S/C16H22N4O3/c17-15-18-14(11-23-15)6-3-12-1-4-13(5-2-12)19-16(21)20-7-9-22-10-8-20/h1-2,4-5,14H,3,6-11H2,(H2,17,18)(H,19,21)/t14-/m0/s1. The maximum atomic E-state index is 12.1. The van der Waals surface area contributed by atoms with Gasteiger partial charge in [-0.2, -0.15) is 0 Å². The van der Waals surface area contributed by atoms with Crippen LogP contribution < -0.4 is 11.1 Å². The third-order valence-electron chi connectivity index (χ3n) is 4.00. The Balaban J connectivity index is 1.47. The summed E-state index contributed by atoms with van der Waals surface area (Å²) >= 11 is 0. The minimum atomic E-state index is -0.0750. The number of morpholine rings is 1. The van der Waals surface area contributed by atoms with Crippen molar-refractivity contribution in [2.45, 2.75) is 18.9 Å². The average Bonchev–Trinajstić information content (AvgIpc) is 3.00. The number of nitrogens with two attached hydrogens (primary N) is 1. The molecule has 0 radical (unpaired) electrons. The van der Waals surface area contributed by atoms with Crippen LogP contribution in [0.2, 0.25) is 0 Å². The summed E-state index contributed by atoms with van der Waals surface area (Å²) < 4.78 is 10.4. The Morgan fingerprint density at radius 1 is 1.30 bits per heavy atom. The van der Waals surface area contributed by atoms with Crippen LogP contribution in [0, 0.1) is 0 Å². The van der Waals surface area contributed by atoms with Crippen LogP contribution >= 0.6 is 0 Å². The number of nitrogens with one attached hydrogen (secondary N) is 1. The lowest BCUT2D eigenvalue weighted by Crippen LogP contribution is -2.43. The number of nitrogens with zero attached hydrogens (tertiary/aromatic N) is 2. The molecule has 2 aliphatic heterocycles. The fourth-order valence-electron chi connectivity index (χ4n) is 2.64. The zero-order valence-electron chi connectivity index (χ0n) is 13.0. The van der Waals surface area contributed by atoms with Gasteiger partial charge in [-0.25, -0.2) is 9.79 Å². The van der Waals surface area contributed by atoms with Crippen molar-refractivity contribution in [3.63, 3.8) is 0 Å². The van der Waals surface area contributed by atoms with E-state index in [0.717, 1.165) is 18.5 Å². The molecule has 0 spiro atoms. The van der Waals surface area contributed by atoms with Crippen molar-refractivity contribution in [1.82, 2.24) is 4.90 Å². The van der Waals surface area contributed by atoms with E-state index >= 15 is 0 Å². The highest BCUT2D eigenvalue weighted by molar-refractivity contribution is 5.89. The van der Waals surface area contributed by atoms with Gasteiger partial charge in [0.05, 0.1) is 19.3 Å². The van der Waals surface area contributed by atoms with E-state index in [0.29, 0.717) is 32.9 Å². The molecule has 1 aromatic rings. The number of hydrogen-bond donors (Lipinski definition) is 2. The highest BCUT2D eigenvalue weighted by atomic mass is 16.5. The fraction of sp³-hybridized carbons (Fsp3) is 0.500. The average molecular weight is 318 g/mol. The lowest BCUT2D eigenvalue weighted by Gasteiger charge is -2.26. The van der Waals surface area contributed by atoms with Crippen LogP contribution in [-0.2, 0) is 15.9 Å². The van der Waals surface area contributed by atoms with Crippen molar-refractivity contribution in [2.75, 3.05) is 38.2 Å². The molecule has 2 heterocycles. The van der Waals surface area contributed by atoms with Crippen molar-refractivity contribution >= 4 is 17.7 Å². The molecule has 7 heteroatoms. The molecule has 0 saturated carbocycles. The number of carbonyl (C=O) groups is 1. The summed E-state index contributed by atoms with van der Waals surface area (Å²) in [4.78, 5) is 18.1. The SMILES string of the molecule is NC1=N[C@@H](CCc2ccc(NC(=O)N3CCOCC3)cc2)CO1. The summed E-state index contributed by atoms with van der Waals surface area (Å²) in [6, 6.07) is 8.27. The molecular formula is C16H22N4O3. The Hall–Kier alpha value is -2.28. The fourth-order valence-corrected chi connectivity index (χ4v) is 2.64. The van der Waals surface area contributed by atoms with E-state index in [1.807, 2.05) is 24.3 Å². The Bertz CT molecular complexity index is 567. The van der Waals surface area contributed by atoms with Crippen molar-refractivity contribution in [3.8, 4) is 0 Å². The minimum Gasteiger partial charge on any atom is -0.463 e. The summed E-state index contributed by atoms with van der Waals surface area (Å²) in [5, 5.41) is 2.91. The van der Waals surface area contributed by atoms with Crippen LogP contribution in [0.4, 0.5) is 10.5 Å². The first-order valence-electron chi connectivity index (χ1n) is 7.89. The predicted octanol–water partition coefficient (Wildman–Crippen LogP) is 1.20. The molecule has 0 aliphatic carbocycles. The van der Waals surface area contributed by atoms with Crippen LogP contribution in [0.25, 0.3) is 0 Å². The lowest BCUT2D eigenvalue weighted by molar-refractivity contribution is 0.0564. The van der Waals surface area contributed by atoms with Gasteiger partial charge < -0.3 is 25.4 Å². The number of aryl methyl sites for hydroxylation is 1. The summed E-state index contributed by atoms with van der Waals surface area (Å²) in [5.41, 5.74) is 7.50. The number of benzene rings is 1. The zero-order valence-corrected chi connectivity index (χ0v) is 13.0. The van der Waals surface area contributed by atoms with Gasteiger partial charge in [-0.1, -0.05) is 12.1 Å². The minimum absolute atomic E-state index is 0.0750. The van der Waals surface area contributed by atoms with Crippen molar-refractivity contribution < 1.29 is 14.3 Å². The van der Waals surface area contributed by atoms with E-state index in [1.165, 1.54) is 5.56 Å². The molecule has 124 valence electrons. The maximum absolute atomic E-state index is 12.1. The molecule has 1 fully saturated rings. The number of amidine groups is 1. The molecule has 2 amide bonds. The zero-order chi connectivity index (χ0) is 16.1. The topological polar surface area (TPSA) is 89.2 Å². The quantitative estimate of drug-likeness (QED) is 0.873. The van der Waals surface area contributed by atoms with Crippen LogP contribution in [0.1, 0.15) is 12.0 Å². The summed E-state index contributed by atoms with van der Waals surface area (Å²) in [5.74, 6) is 0. The Morgan fingerprint density at radius 2 is 2.04 bits per heavy atom. The molecule has 0 aromatic heterocycles. The van der Waals surface area contributed by atoms with E-state index in [9.17, 15) is 4.79 Å². The Morgan fingerprint density at radius 3 is 2.70 bits per heavy atom. The second-order valence-electron chi connectivity index (χ2n) is 5.70. The third kappa shape index (κ3) is 4.35. The number of carbonyl (C=O) groups excluding carboxylic acids is 1. The first-order valence-corrected chi connectivity index (χ1v) is 7.89. The molecule has 0 unspecified atom stereocenters. The van der Waals surface area contributed by atoms with E-state index in [2.05, 4.69) is 10.3 Å². The monoisotopic (exact) mass is 318 g/mol. The second kappa shape index (κ2) is 7.32. The maximum Gasteiger partial charge on any atom is 0.321 e. The Kier molecular flexibility index (Phi) is 4.97. The van der Waals surface area contributed by atoms with E-state index in [1.54, 1.807) is 4.90 Å². The molecular weight excluding hydrogens is 296 g/mol. The van der Waals surface area contributed by atoms with Gasteiger partial charge in [0, 0.05) is 18.8 Å². The largest absolute Gasteiger partial charge is 0.463 e. The number of aliphatic imine (C=N–C) groups is 1. The highest BCUT2D eigenvalue weighted by Gasteiger charge is 2.17. The molecule has 7 nitrogen and oxygen atoms in total. The van der Waals surface area contributed by atoms with Crippen LogP contribution in [-0.4, -0.2) is 55.9 Å². The molecule has 1 saturated heterocycles. The van der Waals surface area contributed by atoms with Crippen LogP contribution in [0.3, 0.4) is 0 Å². The van der Waals surface area contributed by atoms with E-state index in [-0.39, 0.29) is 18.1 Å². The Labute approximate surface area is 135 Å². The summed E-state index contributed by atoms with van der Waals surface area (Å²) in [7, 11) is 0. The third-order valence-corrected chi connectivity index (χ3v) is 4.00. The number of amides is 2. The highest BCUT2D eigenvalue weighted by Crippen LogP contribution is 2.15. The molecule has 3 rings (SSSR count). The van der Waals surface area contributed by atoms with Crippen molar-refractivity contribution in [1.29, 1.82) is 0 Å². The molecule has 23 heavy (non-hydrogen) atoms. The number of anilines is 1. The summed E-state index contributed by atoms with van der Waals surface area (Å²) in [6.45, 7) is 3.04. The lowest BCUT2D eigenvalue weighted by atomic mass is 10.1. The molecule has 1 aromatic carbocycles. The van der Waals surface area contributed by atoms with Gasteiger partial charge in [0.15, 0.2) is 0 Å². The smallest absolute Gasteiger partial charge is 0.321 e. The van der Waals surface area contributed by atoms with E-state index < -0.39 is 0 Å². The van der Waals surface area contributed by atoms with Gasteiger partial charge in [-0.05, 0) is 30.5 Å². The molecule has 1 atom stereocenters. The normalized spacial score (nSPS) is 20.8. The van der Waals surface area contributed by atoms with Gasteiger partial charge in [-0.3, -0.25) is 0 Å². The van der Waals surface area contributed by atoms with Gasteiger partial charge >= 0.3 is 6.03 Å². The molecule has 3 N–H and O–H groups in total. The number of ether oxygens (including phenoxy) is 2. The van der Waals surface area contributed by atoms with Crippen molar-refractivity contribution in [3.05, 3.63) is 29.8 Å². The van der Waals surface area contributed by atoms with Gasteiger partial charge in [0.2, 0.25) is 0 Å². The van der Waals surface area contributed by atoms with Gasteiger partial charge in [0.1, 0.15) is 6.61 Å².